The lowest BCUT2D eigenvalue weighted by Gasteiger charge is -2.22. The van der Waals surface area contributed by atoms with Crippen molar-refractivity contribution in [3.8, 4) is 0 Å². The van der Waals surface area contributed by atoms with Gasteiger partial charge in [0.2, 0.25) is 17.7 Å². The highest BCUT2D eigenvalue weighted by Crippen LogP contribution is 2.13. The predicted molar refractivity (Wildman–Crippen MR) is 149 cm³/mol. The lowest BCUT2D eigenvalue weighted by Crippen LogP contribution is -2.53. The molecule has 206 valence electrons. The number of primary amides is 1. The van der Waals surface area contributed by atoms with Crippen LogP contribution < -0.4 is 22.1 Å². The number of unbranched alkanes of at least 4 members (excludes halogenated alkanes) is 13. The standard InChI is InChI=1S/C27H54N4O3S/c1-3-4-5-6-7-8-9-10-11-12-13-14-15-19-25(32)30-24(20-22-35-2)27(34)31-23(26(29)33)18-16-17-21-28/h23-24H,3-22,28H2,1-2H3,(H2,29,33)(H,30,32)(H,31,34)/t23-,24-/m0/s1. The van der Waals surface area contributed by atoms with Crippen molar-refractivity contribution in [1.82, 2.24) is 10.6 Å². The van der Waals surface area contributed by atoms with Crippen molar-refractivity contribution in [2.24, 2.45) is 11.5 Å². The molecule has 0 bridgehead atoms. The Kier molecular flexibility index (Phi) is 23.5. The van der Waals surface area contributed by atoms with E-state index < -0.39 is 18.0 Å². The monoisotopic (exact) mass is 514 g/mol. The summed E-state index contributed by atoms with van der Waals surface area (Å²) in [4.78, 5) is 36.9. The fourth-order valence-corrected chi connectivity index (χ4v) is 4.60. The normalized spacial score (nSPS) is 12.8. The quantitative estimate of drug-likeness (QED) is 0.130. The average molecular weight is 515 g/mol. The summed E-state index contributed by atoms with van der Waals surface area (Å²) in [7, 11) is 0. The first kappa shape index (κ1) is 33.7. The smallest absolute Gasteiger partial charge is 0.243 e. The van der Waals surface area contributed by atoms with E-state index in [1.54, 1.807) is 11.8 Å². The third kappa shape index (κ3) is 20.6. The number of hydrogen-bond donors (Lipinski definition) is 4. The summed E-state index contributed by atoms with van der Waals surface area (Å²) < 4.78 is 0. The lowest BCUT2D eigenvalue weighted by molar-refractivity contribution is -0.131. The summed E-state index contributed by atoms with van der Waals surface area (Å²) >= 11 is 1.62. The highest BCUT2D eigenvalue weighted by Gasteiger charge is 2.25. The van der Waals surface area contributed by atoms with E-state index in [1.165, 1.54) is 64.2 Å². The molecule has 7 nitrogen and oxygen atoms in total. The van der Waals surface area contributed by atoms with Crippen LogP contribution in [0.4, 0.5) is 0 Å². The van der Waals surface area contributed by atoms with Crippen molar-refractivity contribution in [2.45, 2.75) is 135 Å². The summed E-state index contributed by atoms with van der Waals surface area (Å²) in [5, 5.41) is 5.60. The van der Waals surface area contributed by atoms with Crippen LogP contribution in [0.25, 0.3) is 0 Å². The Morgan fingerprint density at radius 3 is 1.74 bits per heavy atom. The van der Waals surface area contributed by atoms with E-state index in [1.807, 2.05) is 6.26 Å². The minimum absolute atomic E-state index is 0.104. The molecular formula is C27H54N4O3S. The van der Waals surface area contributed by atoms with Crippen molar-refractivity contribution in [3.05, 3.63) is 0 Å². The van der Waals surface area contributed by atoms with Gasteiger partial charge in [-0.15, -0.1) is 0 Å². The molecule has 2 atom stereocenters. The van der Waals surface area contributed by atoms with Crippen molar-refractivity contribution >= 4 is 29.5 Å². The fraction of sp³-hybridized carbons (Fsp3) is 0.889. The molecular weight excluding hydrogens is 460 g/mol. The molecule has 0 aliphatic heterocycles. The number of rotatable bonds is 25. The van der Waals surface area contributed by atoms with Crippen LogP contribution in [-0.2, 0) is 14.4 Å². The van der Waals surface area contributed by atoms with Crippen LogP contribution >= 0.6 is 11.8 Å². The molecule has 0 saturated heterocycles. The number of nitrogens with one attached hydrogen (secondary N) is 2. The lowest BCUT2D eigenvalue weighted by atomic mass is 10.0. The van der Waals surface area contributed by atoms with Crippen molar-refractivity contribution in [3.63, 3.8) is 0 Å². The minimum Gasteiger partial charge on any atom is -0.368 e. The minimum atomic E-state index is -0.733. The van der Waals surface area contributed by atoms with Crippen LogP contribution in [0.1, 0.15) is 122 Å². The molecule has 3 amide bonds. The second-order valence-electron chi connectivity index (χ2n) is 9.64. The highest BCUT2D eigenvalue weighted by molar-refractivity contribution is 7.98. The van der Waals surface area contributed by atoms with E-state index in [0.717, 1.165) is 31.4 Å². The van der Waals surface area contributed by atoms with Crippen LogP contribution in [0.3, 0.4) is 0 Å². The third-order valence-corrected chi connectivity index (χ3v) is 7.02. The van der Waals surface area contributed by atoms with Gasteiger partial charge in [0.1, 0.15) is 12.1 Å². The first-order valence-electron chi connectivity index (χ1n) is 14.0. The molecule has 0 fully saturated rings. The second-order valence-corrected chi connectivity index (χ2v) is 10.6. The Hall–Kier alpha value is -1.28. The molecule has 0 aliphatic carbocycles. The molecule has 0 aromatic carbocycles. The van der Waals surface area contributed by atoms with E-state index in [2.05, 4.69) is 17.6 Å². The molecule has 0 aromatic rings. The molecule has 0 aromatic heterocycles. The predicted octanol–water partition coefficient (Wildman–Crippen LogP) is 4.80. The first-order chi connectivity index (χ1) is 17.0. The molecule has 0 radical (unpaired) electrons. The van der Waals surface area contributed by atoms with Gasteiger partial charge in [-0.1, -0.05) is 84.0 Å². The van der Waals surface area contributed by atoms with E-state index in [9.17, 15) is 14.4 Å². The molecule has 35 heavy (non-hydrogen) atoms. The summed E-state index contributed by atoms with van der Waals surface area (Å²) in [6.07, 6.45) is 21.2. The Balaban J connectivity index is 4.12. The van der Waals surface area contributed by atoms with E-state index in [4.69, 9.17) is 11.5 Å². The summed E-state index contributed by atoms with van der Waals surface area (Å²) in [5.74, 6) is -0.259. The molecule has 0 spiro atoms. The zero-order chi connectivity index (χ0) is 26.2. The van der Waals surface area contributed by atoms with Gasteiger partial charge in [-0.05, 0) is 50.7 Å². The van der Waals surface area contributed by atoms with Crippen LogP contribution in [0, 0.1) is 0 Å². The largest absolute Gasteiger partial charge is 0.368 e. The van der Waals surface area contributed by atoms with E-state index in [-0.39, 0.29) is 11.8 Å². The number of amides is 3. The van der Waals surface area contributed by atoms with Gasteiger partial charge >= 0.3 is 0 Å². The molecule has 6 N–H and O–H groups in total. The van der Waals surface area contributed by atoms with Gasteiger partial charge < -0.3 is 22.1 Å². The number of nitrogens with two attached hydrogens (primary N) is 2. The molecule has 8 heteroatoms. The topological polar surface area (TPSA) is 127 Å². The van der Waals surface area contributed by atoms with Crippen molar-refractivity contribution in [1.29, 1.82) is 0 Å². The Labute approximate surface area is 219 Å². The van der Waals surface area contributed by atoms with E-state index >= 15 is 0 Å². The Morgan fingerprint density at radius 1 is 0.714 bits per heavy atom. The zero-order valence-electron chi connectivity index (χ0n) is 22.6. The van der Waals surface area contributed by atoms with Crippen molar-refractivity contribution < 1.29 is 14.4 Å². The van der Waals surface area contributed by atoms with E-state index in [0.29, 0.717) is 32.2 Å². The maximum atomic E-state index is 12.8. The zero-order valence-corrected chi connectivity index (χ0v) is 23.4. The first-order valence-corrected chi connectivity index (χ1v) is 15.4. The second kappa shape index (κ2) is 24.4. The molecule has 0 saturated carbocycles. The molecule has 0 rings (SSSR count). The number of hydrogen-bond acceptors (Lipinski definition) is 5. The van der Waals surface area contributed by atoms with Gasteiger partial charge in [0.15, 0.2) is 0 Å². The fourth-order valence-electron chi connectivity index (χ4n) is 4.13. The van der Waals surface area contributed by atoms with Gasteiger partial charge in [0, 0.05) is 6.42 Å². The Bertz CT molecular complexity index is 549. The Morgan fingerprint density at radius 2 is 1.26 bits per heavy atom. The van der Waals surface area contributed by atoms with Gasteiger partial charge in [0.25, 0.3) is 0 Å². The summed E-state index contributed by atoms with van der Waals surface area (Å²) in [5.41, 5.74) is 11.0. The summed E-state index contributed by atoms with van der Waals surface area (Å²) in [6.45, 7) is 2.79. The van der Waals surface area contributed by atoms with Gasteiger partial charge in [-0.25, -0.2) is 0 Å². The maximum Gasteiger partial charge on any atom is 0.243 e. The van der Waals surface area contributed by atoms with Gasteiger partial charge in [-0.2, -0.15) is 11.8 Å². The van der Waals surface area contributed by atoms with Crippen molar-refractivity contribution in [2.75, 3.05) is 18.6 Å². The van der Waals surface area contributed by atoms with Crippen LogP contribution in [0.15, 0.2) is 0 Å². The molecule has 0 aliphatic rings. The number of carbonyl (C=O) groups is 3. The third-order valence-electron chi connectivity index (χ3n) is 6.38. The molecule has 0 unspecified atom stereocenters. The number of thioether (sulfide) groups is 1. The summed E-state index contributed by atoms with van der Waals surface area (Å²) in [6, 6.07) is -1.38. The highest BCUT2D eigenvalue weighted by atomic mass is 32.2. The van der Waals surface area contributed by atoms with Crippen LogP contribution in [0.5, 0.6) is 0 Å². The number of carbonyl (C=O) groups excluding carboxylic acids is 3. The average Bonchev–Trinajstić information content (AvgIpc) is 2.83. The molecule has 0 heterocycles. The van der Waals surface area contributed by atoms with Gasteiger partial charge in [-0.3, -0.25) is 14.4 Å². The maximum absolute atomic E-state index is 12.8. The van der Waals surface area contributed by atoms with Crippen LogP contribution in [0.2, 0.25) is 0 Å². The van der Waals surface area contributed by atoms with Gasteiger partial charge in [0.05, 0.1) is 0 Å². The van der Waals surface area contributed by atoms with Crippen LogP contribution in [-0.4, -0.2) is 48.4 Å². The SMILES string of the molecule is CCCCCCCCCCCCCCCC(=O)N[C@@H](CCSC)C(=O)N[C@@H](CCCCN)C(N)=O.